The van der Waals surface area contributed by atoms with E-state index < -0.39 is 11.8 Å². The van der Waals surface area contributed by atoms with E-state index in [1.807, 2.05) is 6.92 Å². The third-order valence-corrected chi connectivity index (χ3v) is 3.78. The maximum atomic E-state index is 12.3. The van der Waals surface area contributed by atoms with Gasteiger partial charge in [0.05, 0.1) is 24.8 Å². The summed E-state index contributed by atoms with van der Waals surface area (Å²) in [4.78, 5) is 24.7. The second kappa shape index (κ2) is 9.08. The Morgan fingerprint density at radius 3 is 2.36 bits per heavy atom. The first kappa shape index (κ1) is 18.8. The van der Waals surface area contributed by atoms with Gasteiger partial charge in [-0.2, -0.15) is 0 Å². The lowest BCUT2D eigenvalue weighted by atomic mass is 10.2. The van der Waals surface area contributed by atoms with E-state index >= 15 is 0 Å². The Labute approximate surface area is 154 Å². The number of carbonyl (C=O) groups excluding carboxylic acids is 2. The number of hydrazine groups is 1. The molecule has 132 valence electrons. The number of halogens is 1. The Hall–Kier alpha value is -2.54. The summed E-state index contributed by atoms with van der Waals surface area (Å²) >= 11 is 3.30. The zero-order valence-electron chi connectivity index (χ0n) is 14.0. The number of amides is 2. The number of benzene rings is 2. The number of para-hydroxylation sites is 1. The van der Waals surface area contributed by atoms with Crippen LogP contribution in [0.5, 0.6) is 11.5 Å². The summed E-state index contributed by atoms with van der Waals surface area (Å²) in [6.45, 7) is 2.49. The minimum atomic E-state index is -0.488. The standard InChI is InChI=1S/C18H19BrN2O4/c1-3-10-25-16-7-5-4-6-13(16)17(22)20-21-18(23)14-11-12(19)8-9-15(14)24-2/h4-9,11H,3,10H2,1-2H3,(H,20,22)(H,21,23). The largest absolute Gasteiger partial charge is 0.496 e. The molecule has 0 aromatic heterocycles. The molecule has 0 bridgehead atoms. The van der Waals surface area contributed by atoms with Gasteiger partial charge in [0.15, 0.2) is 0 Å². The van der Waals surface area contributed by atoms with Crippen molar-refractivity contribution in [1.82, 2.24) is 10.9 Å². The van der Waals surface area contributed by atoms with E-state index in [1.54, 1.807) is 42.5 Å². The average molecular weight is 407 g/mol. The predicted molar refractivity (Wildman–Crippen MR) is 97.9 cm³/mol. The quantitative estimate of drug-likeness (QED) is 0.721. The van der Waals surface area contributed by atoms with Gasteiger partial charge in [-0.05, 0) is 36.8 Å². The van der Waals surface area contributed by atoms with Crippen LogP contribution in [-0.2, 0) is 0 Å². The number of rotatable bonds is 6. The Balaban J connectivity index is 2.08. The average Bonchev–Trinajstić information content (AvgIpc) is 2.64. The third kappa shape index (κ3) is 4.96. The molecule has 0 heterocycles. The van der Waals surface area contributed by atoms with Crippen molar-refractivity contribution in [2.75, 3.05) is 13.7 Å². The Morgan fingerprint density at radius 1 is 1.00 bits per heavy atom. The van der Waals surface area contributed by atoms with Crippen LogP contribution in [0, 0.1) is 0 Å². The van der Waals surface area contributed by atoms with Crippen molar-refractivity contribution in [2.45, 2.75) is 13.3 Å². The molecule has 7 heteroatoms. The molecule has 0 fully saturated rings. The lowest BCUT2D eigenvalue weighted by Gasteiger charge is -2.13. The second-order valence-corrected chi connectivity index (χ2v) is 6.01. The van der Waals surface area contributed by atoms with E-state index in [-0.39, 0.29) is 0 Å². The lowest BCUT2D eigenvalue weighted by molar-refractivity contribution is 0.0842. The summed E-state index contributed by atoms with van der Waals surface area (Å²) in [7, 11) is 1.47. The van der Waals surface area contributed by atoms with Crippen LogP contribution in [0.2, 0.25) is 0 Å². The van der Waals surface area contributed by atoms with Crippen molar-refractivity contribution in [3.05, 3.63) is 58.1 Å². The fourth-order valence-corrected chi connectivity index (χ4v) is 2.46. The van der Waals surface area contributed by atoms with Crippen molar-refractivity contribution >= 4 is 27.7 Å². The second-order valence-electron chi connectivity index (χ2n) is 5.10. The smallest absolute Gasteiger partial charge is 0.273 e. The third-order valence-electron chi connectivity index (χ3n) is 3.29. The topological polar surface area (TPSA) is 76.7 Å². The minimum absolute atomic E-state index is 0.299. The molecule has 0 aliphatic rings. The molecular weight excluding hydrogens is 388 g/mol. The predicted octanol–water partition coefficient (Wildman–Crippen LogP) is 3.32. The van der Waals surface area contributed by atoms with Gasteiger partial charge in [0.25, 0.3) is 11.8 Å². The molecule has 0 saturated heterocycles. The highest BCUT2D eigenvalue weighted by Crippen LogP contribution is 2.23. The highest BCUT2D eigenvalue weighted by molar-refractivity contribution is 9.10. The zero-order valence-corrected chi connectivity index (χ0v) is 15.6. The van der Waals surface area contributed by atoms with Crippen LogP contribution in [0.15, 0.2) is 46.9 Å². The van der Waals surface area contributed by atoms with Crippen molar-refractivity contribution < 1.29 is 19.1 Å². The molecule has 0 spiro atoms. The van der Waals surface area contributed by atoms with Crippen LogP contribution in [-0.4, -0.2) is 25.5 Å². The van der Waals surface area contributed by atoms with Crippen molar-refractivity contribution in [3.8, 4) is 11.5 Å². The summed E-state index contributed by atoms with van der Waals surface area (Å²) in [6.07, 6.45) is 0.829. The van der Waals surface area contributed by atoms with Crippen molar-refractivity contribution in [3.63, 3.8) is 0 Å². The lowest BCUT2D eigenvalue weighted by Crippen LogP contribution is -2.41. The SMILES string of the molecule is CCCOc1ccccc1C(=O)NNC(=O)c1cc(Br)ccc1OC. The highest BCUT2D eigenvalue weighted by atomic mass is 79.9. The maximum absolute atomic E-state index is 12.3. The summed E-state index contributed by atoms with van der Waals surface area (Å²) in [6, 6.07) is 11.9. The van der Waals surface area contributed by atoms with Gasteiger partial charge in [-0.15, -0.1) is 0 Å². The number of methoxy groups -OCH3 is 1. The first-order valence-corrected chi connectivity index (χ1v) is 8.52. The fourth-order valence-electron chi connectivity index (χ4n) is 2.10. The van der Waals surface area contributed by atoms with E-state index in [0.717, 1.165) is 10.9 Å². The number of ether oxygens (including phenoxy) is 2. The molecule has 0 unspecified atom stereocenters. The molecule has 0 saturated carbocycles. The molecule has 0 aliphatic carbocycles. The van der Waals surface area contributed by atoms with Crippen molar-refractivity contribution in [2.24, 2.45) is 0 Å². The Morgan fingerprint density at radius 2 is 1.68 bits per heavy atom. The van der Waals surface area contributed by atoms with Gasteiger partial charge in [0.2, 0.25) is 0 Å². The molecule has 2 amide bonds. The summed E-state index contributed by atoms with van der Waals surface area (Å²) < 4.78 is 11.4. The fraction of sp³-hybridized carbons (Fsp3) is 0.222. The number of carbonyl (C=O) groups is 2. The van der Waals surface area contributed by atoms with Gasteiger partial charge in [0.1, 0.15) is 11.5 Å². The molecule has 2 N–H and O–H groups in total. The van der Waals surface area contributed by atoms with Crippen LogP contribution in [0.4, 0.5) is 0 Å². The first-order chi connectivity index (χ1) is 12.1. The Kier molecular flexibility index (Phi) is 6.82. The number of nitrogens with one attached hydrogen (secondary N) is 2. The molecule has 0 atom stereocenters. The molecule has 2 aromatic rings. The van der Waals surface area contributed by atoms with E-state index in [0.29, 0.717) is 29.2 Å². The first-order valence-electron chi connectivity index (χ1n) is 7.72. The summed E-state index contributed by atoms with van der Waals surface area (Å²) in [5, 5.41) is 0. The molecule has 0 aliphatic heterocycles. The van der Waals surface area contributed by atoms with E-state index in [4.69, 9.17) is 9.47 Å². The van der Waals surface area contributed by atoms with Gasteiger partial charge in [0, 0.05) is 4.47 Å². The van der Waals surface area contributed by atoms with Gasteiger partial charge >= 0.3 is 0 Å². The van der Waals surface area contributed by atoms with Crippen LogP contribution < -0.4 is 20.3 Å². The van der Waals surface area contributed by atoms with Crippen LogP contribution >= 0.6 is 15.9 Å². The van der Waals surface area contributed by atoms with Gasteiger partial charge in [-0.3, -0.25) is 20.4 Å². The maximum Gasteiger partial charge on any atom is 0.273 e. The number of hydrogen-bond acceptors (Lipinski definition) is 4. The summed E-state index contributed by atoms with van der Waals surface area (Å²) in [5.41, 5.74) is 5.43. The van der Waals surface area contributed by atoms with Crippen LogP contribution in [0.1, 0.15) is 34.1 Å². The monoisotopic (exact) mass is 406 g/mol. The Bertz CT molecular complexity index is 764. The van der Waals surface area contributed by atoms with E-state index in [1.165, 1.54) is 7.11 Å². The molecule has 0 radical (unpaired) electrons. The highest BCUT2D eigenvalue weighted by Gasteiger charge is 2.16. The van der Waals surface area contributed by atoms with E-state index in [9.17, 15) is 9.59 Å². The normalized spacial score (nSPS) is 10.0. The minimum Gasteiger partial charge on any atom is -0.496 e. The molecule has 2 aromatic carbocycles. The molecule has 6 nitrogen and oxygen atoms in total. The molecular formula is C18H19BrN2O4. The van der Waals surface area contributed by atoms with Gasteiger partial charge < -0.3 is 9.47 Å². The van der Waals surface area contributed by atoms with E-state index in [2.05, 4.69) is 26.8 Å². The molecule has 25 heavy (non-hydrogen) atoms. The van der Waals surface area contributed by atoms with Gasteiger partial charge in [-0.25, -0.2) is 0 Å². The van der Waals surface area contributed by atoms with Gasteiger partial charge in [-0.1, -0.05) is 35.0 Å². The van der Waals surface area contributed by atoms with Crippen molar-refractivity contribution in [1.29, 1.82) is 0 Å². The molecule has 2 rings (SSSR count). The zero-order chi connectivity index (χ0) is 18.2. The number of hydrogen-bond donors (Lipinski definition) is 2. The summed E-state index contributed by atoms with van der Waals surface area (Å²) in [5.74, 6) is -0.0785. The van der Waals surface area contributed by atoms with Crippen LogP contribution in [0.3, 0.4) is 0 Å². The van der Waals surface area contributed by atoms with Crippen LogP contribution in [0.25, 0.3) is 0 Å².